The fourth-order valence-corrected chi connectivity index (χ4v) is 3.89. The third-order valence-corrected chi connectivity index (χ3v) is 5.68. The van der Waals surface area contributed by atoms with Crippen LogP contribution in [0.3, 0.4) is 0 Å². The maximum absolute atomic E-state index is 12.9. The minimum Gasteiger partial charge on any atom is -0.345 e. The summed E-state index contributed by atoms with van der Waals surface area (Å²) < 4.78 is 38.2. The SMILES string of the molecule is O=C(c1cncnc1C1CC1)N1CCCN(c2nnc(C(F)(F)F)s2)CC1. The quantitative estimate of drug-likeness (QED) is 0.791. The second kappa shape index (κ2) is 7.02. The van der Waals surface area contributed by atoms with Crippen LogP contribution in [0.15, 0.2) is 12.5 Å². The zero-order valence-electron chi connectivity index (χ0n) is 14.3. The van der Waals surface area contributed by atoms with Crippen LogP contribution in [0.25, 0.3) is 0 Å². The van der Waals surface area contributed by atoms with Crippen molar-refractivity contribution in [2.45, 2.75) is 31.4 Å². The van der Waals surface area contributed by atoms with E-state index >= 15 is 0 Å². The molecule has 1 saturated carbocycles. The van der Waals surface area contributed by atoms with E-state index < -0.39 is 11.2 Å². The summed E-state index contributed by atoms with van der Waals surface area (Å²) in [5.41, 5.74) is 1.33. The Morgan fingerprint density at radius 1 is 1.15 bits per heavy atom. The number of anilines is 1. The number of hydrogen-bond acceptors (Lipinski definition) is 7. The molecule has 3 heterocycles. The molecule has 4 rings (SSSR count). The Morgan fingerprint density at radius 2 is 1.96 bits per heavy atom. The molecule has 1 amide bonds. The van der Waals surface area contributed by atoms with Crippen molar-refractivity contribution in [2.75, 3.05) is 31.1 Å². The first-order chi connectivity index (χ1) is 12.9. The number of carbonyl (C=O) groups excluding carboxylic acids is 1. The summed E-state index contributed by atoms with van der Waals surface area (Å²) >= 11 is 0.531. The van der Waals surface area contributed by atoms with Crippen molar-refractivity contribution in [1.82, 2.24) is 25.1 Å². The summed E-state index contributed by atoms with van der Waals surface area (Å²) in [5, 5.41) is 6.19. The number of amides is 1. The van der Waals surface area contributed by atoms with Crippen molar-refractivity contribution in [3.63, 3.8) is 0 Å². The standard InChI is InChI=1S/C16H17F3N6OS/c17-16(18,19)14-22-23-15(27-14)25-5-1-4-24(6-7-25)13(26)11-8-20-9-21-12(11)10-2-3-10/h8-10H,1-7H2. The normalized spacial score (nSPS) is 18.5. The van der Waals surface area contributed by atoms with Gasteiger partial charge in [-0.1, -0.05) is 11.3 Å². The van der Waals surface area contributed by atoms with Gasteiger partial charge in [0.15, 0.2) is 0 Å². The number of halogens is 3. The molecule has 1 aliphatic carbocycles. The lowest BCUT2D eigenvalue weighted by Gasteiger charge is -2.22. The van der Waals surface area contributed by atoms with Gasteiger partial charge >= 0.3 is 6.18 Å². The van der Waals surface area contributed by atoms with Crippen molar-refractivity contribution in [3.05, 3.63) is 28.8 Å². The van der Waals surface area contributed by atoms with Crippen LogP contribution in [0.1, 0.15) is 46.2 Å². The fourth-order valence-electron chi connectivity index (χ4n) is 3.13. The van der Waals surface area contributed by atoms with Crippen molar-refractivity contribution in [3.8, 4) is 0 Å². The van der Waals surface area contributed by atoms with Crippen molar-refractivity contribution in [2.24, 2.45) is 0 Å². The van der Waals surface area contributed by atoms with Crippen LogP contribution in [-0.2, 0) is 6.18 Å². The lowest BCUT2D eigenvalue weighted by atomic mass is 10.1. The van der Waals surface area contributed by atoms with E-state index in [0.29, 0.717) is 55.4 Å². The molecule has 7 nitrogen and oxygen atoms in total. The van der Waals surface area contributed by atoms with E-state index in [1.54, 1.807) is 16.0 Å². The summed E-state index contributed by atoms with van der Waals surface area (Å²) in [6, 6.07) is 0. The maximum atomic E-state index is 12.9. The Bertz CT molecular complexity index is 838. The molecule has 0 bridgehead atoms. The lowest BCUT2D eigenvalue weighted by Crippen LogP contribution is -2.35. The first kappa shape index (κ1) is 18.1. The smallest absolute Gasteiger partial charge is 0.345 e. The second-order valence-corrected chi connectivity index (χ2v) is 7.57. The highest BCUT2D eigenvalue weighted by atomic mass is 32.1. The van der Waals surface area contributed by atoms with Gasteiger partial charge in [0.05, 0.1) is 11.3 Å². The molecule has 11 heteroatoms. The van der Waals surface area contributed by atoms with E-state index in [-0.39, 0.29) is 11.0 Å². The van der Waals surface area contributed by atoms with E-state index in [2.05, 4.69) is 20.2 Å². The largest absolute Gasteiger partial charge is 0.445 e. The first-order valence-electron chi connectivity index (χ1n) is 8.68. The molecule has 0 spiro atoms. The third-order valence-electron chi connectivity index (χ3n) is 4.65. The van der Waals surface area contributed by atoms with Gasteiger partial charge in [0.2, 0.25) is 10.1 Å². The highest BCUT2D eigenvalue weighted by Crippen LogP contribution is 2.40. The van der Waals surface area contributed by atoms with Gasteiger partial charge in [-0.2, -0.15) is 13.2 Å². The van der Waals surface area contributed by atoms with Gasteiger partial charge in [-0.25, -0.2) is 9.97 Å². The van der Waals surface area contributed by atoms with Crippen LogP contribution in [0.5, 0.6) is 0 Å². The minimum atomic E-state index is -4.49. The van der Waals surface area contributed by atoms with E-state index in [4.69, 9.17) is 0 Å². The molecule has 2 aromatic rings. The Balaban J connectivity index is 1.46. The minimum absolute atomic E-state index is 0.118. The Kier molecular flexibility index (Phi) is 4.70. The summed E-state index contributed by atoms with van der Waals surface area (Å²) in [6.45, 7) is 1.86. The van der Waals surface area contributed by atoms with E-state index in [0.717, 1.165) is 18.5 Å². The van der Waals surface area contributed by atoms with Gasteiger partial charge in [0.1, 0.15) is 6.33 Å². The second-order valence-electron chi connectivity index (χ2n) is 6.62. The topological polar surface area (TPSA) is 75.1 Å². The highest BCUT2D eigenvalue weighted by Gasteiger charge is 2.36. The van der Waals surface area contributed by atoms with Crippen molar-refractivity contribution < 1.29 is 18.0 Å². The molecular weight excluding hydrogens is 381 g/mol. The summed E-state index contributed by atoms with van der Waals surface area (Å²) in [7, 11) is 0. The monoisotopic (exact) mass is 398 g/mol. The molecule has 2 aromatic heterocycles. The zero-order valence-corrected chi connectivity index (χ0v) is 15.1. The molecule has 2 fully saturated rings. The van der Waals surface area contributed by atoms with Crippen LogP contribution in [-0.4, -0.2) is 57.2 Å². The first-order valence-corrected chi connectivity index (χ1v) is 9.50. The molecule has 0 unspecified atom stereocenters. The lowest BCUT2D eigenvalue weighted by molar-refractivity contribution is -0.138. The molecule has 1 saturated heterocycles. The number of rotatable bonds is 3. The highest BCUT2D eigenvalue weighted by molar-refractivity contribution is 7.15. The Hall–Kier alpha value is -2.30. The van der Waals surface area contributed by atoms with Gasteiger partial charge < -0.3 is 9.80 Å². The van der Waals surface area contributed by atoms with Crippen molar-refractivity contribution in [1.29, 1.82) is 0 Å². The molecule has 0 N–H and O–H groups in total. The molecular formula is C16H17F3N6OS. The summed E-state index contributed by atoms with van der Waals surface area (Å²) in [6.07, 6.45) is 1.23. The van der Waals surface area contributed by atoms with Crippen LogP contribution < -0.4 is 4.90 Å². The van der Waals surface area contributed by atoms with Gasteiger partial charge in [0, 0.05) is 38.3 Å². The molecule has 0 aromatic carbocycles. The van der Waals surface area contributed by atoms with Gasteiger partial charge in [0.25, 0.3) is 5.91 Å². The third kappa shape index (κ3) is 3.87. The molecule has 27 heavy (non-hydrogen) atoms. The van der Waals surface area contributed by atoms with E-state index in [9.17, 15) is 18.0 Å². The van der Waals surface area contributed by atoms with Crippen molar-refractivity contribution >= 4 is 22.4 Å². The average Bonchev–Trinajstić information content (AvgIpc) is 3.42. The van der Waals surface area contributed by atoms with E-state index in [1.165, 1.54) is 6.33 Å². The average molecular weight is 398 g/mol. The van der Waals surface area contributed by atoms with Crippen LogP contribution in [0.4, 0.5) is 18.3 Å². The zero-order chi connectivity index (χ0) is 19.0. The molecule has 1 aliphatic heterocycles. The number of alkyl halides is 3. The van der Waals surface area contributed by atoms with Crippen LogP contribution in [0, 0.1) is 0 Å². The Morgan fingerprint density at radius 3 is 2.67 bits per heavy atom. The molecule has 0 atom stereocenters. The summed E-state index contributed by atoms with van der Waals surface area (Å²) in [5.74, 6) is 0.213. The number of hydrogen-bond donors (Lipinski definition) is 0. The van der Waals surface area contributed by atoms with Crippen LogP contribution >= 0.6 is 11.3 Å². The van der Waals surface area contributed by atoms with Gasteiger partial charge in [-0.3, -0.25) is 4.79 Å². The Labute approximate surface area is 157 Å². The summed E-state index contributed by atoms with van der Waals surface area (Å²) in [4.78, 5) is 24.7. The maximum Gasteiger partial charge on any atom is 0.445 e. The molecule has 0 radical (unpaired) electrons. The number of carbonyl (C=O) groups is 1. The van der Waals surface area contributed by atoms with Gasteiger partial charge in [-0.15, -0.1) is 10.2 Å². The molecule has 144 valence electrons. The fraction of sp³-hybridized carbons (Fsp3) is 0.562. The van der Waals surface area contributed by atoms with E-state index in [1.807, 2.05) is 0 Å². The number of nitrogens with zero attached hydrogens (tertiary/aromatic N) is 6. The predicted molar refractivity (Wildman–Crippen MR) is 91.7 cm³/mol. The number of aromatic nitrogens is 4. The molecule has 2 aliphatic rings. The van der Waals surface area contributed by atoms with Crippen LogP contribution in [0.2, 0.25) is 0 Å². The predicted octanol–water partition coefficient (Wildman–Crippen LogP) is 2.58. The van der Waals surface area contributed by atoms with Gasteiger partial charge in [-0.05, 0) is 19.3 Å².